The number of rotatable bonds is 7. The molecule has 10 heteroatoms. The Morgan fingerprint density at radius 3 is 2.47 bits per heavy atom. The quantitative estimate of drug-likeness (QED) is 0.296. The van der Waals surface area contributed by atoms with Gasteiger partial charge in [-0.25, -0.2) is 0 Å². The van der Waals surface area contributed by atoms with Crippen LogP contribution in [0.25, 0.3) is 10.8 Å². The SMILES string of the molecule is CO[P+](O)(OCOC(=O)C(C)(C)C)C(F)(F)c1cc2cc(CC#N)ccc2cc1Br. The Morgan fingerprint density at radius 1 is 1.23 bits per heavy atom. The molecule has 1 unspecified atom stereocenters. The summed E-state index contributed by atoms with van der Waals surface area (Å²) in [4.78, 5) is 22.3. The van der Waals surface area contributed by atoms with Crippen LogP contribution in [0.1, 0.15) is 31.9 Å². The van der Waals surface area contributed by atoms with Crippen molar-refractivity contribution in [2.45, 2.75) is 32.9 Å². The number of nitriles is 1. The van der Waals surface area contributed by atoms with Gasteiger partial charge in [-0.05, 0) is 49.2 Å². The first-order valence-corrected chi connectivity index (χ1v) is 11.2. The number of hydrogen-bond acceptors (Lipinski definition) is 6. The van der Waals surface area contributed by atoms with Crippen LogP contribution in [0.4, 0.5) is 8.78 Å². The van der Waals surface area contributed by atoms with Crippen LogP contribution in [0, 0.1) is 16.7 Å². The van der Waals surface area contributed by atoms with Gasteiger partial charge in [0.2, 0.25) is 6.79 Å². The smallest absolute Gasteiger partial charge is 0.434 e. The van der Waals surface area contributed by atoms with E-state index in [1.54, 1.807) is 39.0 Å². The molecule has 0 aliphatic carbocycles. The van der Waals surface area contributed by atoms with Crippen molar-refractivity contribution >= 4 is 40.6 Å². The maximum atomic E-state index is 15.3. The van der Waals surface area contributed by atoms with Gasteiger partial charge in [0.1, 0.15) is 0 Å². The molecule has 0 saturated carbocycles. The highest BCUT2D eigenvalue weighted by atomic mass is 79.9. The normalized spacial score (nSPS) is 14.2. The third kappa shape index (κ3) is 5.13. The fourth-order valence-corrected chi connectivity index (χ4v) is 4.46. The van der Waals surface area contributed by atoms with Gasteiger partial charge in [0.05, 0.1) is 30.6 Å². The highest BCUT2D eigenvalue weighted by molar-refractivity contribution is 9.10. The summed E-state index contributed by atoms with van der Waals surface area (Å²) in [7, 11) is -3.91. The molecule has 0 fully saturated rings. The predicted octanol–water partition coefficient (Wildman–Crippen LogP) is 5.68. The Balaban J connectivity index is 2.38. The second kappa shape index (κ2) is 9.21. The monoisotopic (exact) mass is 504 g/mol. The van der Waals surface area contributed by atoms with Crippen LogP contribution in [0.3, 0.4) is 0 Å². The van der Waals surface area contributed by atoms with Gasteiger partial charge in [-0.15, -0.1) is 4.52 Å². The van der Waals surface area contributed by atoms with E-state index in [4.69, 9.17) is 19.0 Å². The van der Waals surface area contributed by atoms with Gasteiger partial charge in [-0.1, -0.05) is 34.1 Å². The van der Waals surface area contributed by atoms with E-state index in [1.807, 2.05) is 6.07 Å². The minimum atomic E-state index is -4.81. The van der Waals surface area contributed by atoms with Crippen LogP contribution in [-0.4, -0.2) is 24.8 Å². The third-order valence-electron chi connectivity index (χ3n) is 4.23. The fourth-order valence-electron chi connectivity index (χ4n) is 2.52. The molecule has 0 spiro atoms. The largest absolute Gasteiger partial charge is 0.493 e. The topological polar surface area (TPSA) is 88.8 Å². The lowest BCUT2D eigenvalue weighted by Crippen LogP contribution is -2.27. The van der Waals surface area contributed by atoms with Crippen molar-refractivity contribution in [2.75, 3.05) is 13.9 Å². The molecule has 2 rings (SSSR count). The van der Waals surface area contributed by atoms with Gasteiger partial charge < -0.3 is 4.74 Å². The number of halogens is 3. The van der Waals surface area contributed by atoms with Crippen LogP contribution in [0.15, 0.2) is 34.8 Å². The lowest BCUT2D eigenvalue weighted by Gasteiger charge is -2.24. The molecular formula is C20H22BrF2NO5P+. The van der Waals surface area contributed by atoms with E-state index in [0.29, 0.717) is 16.3 Å². The molecule has 1 atom stereocenters. The number of carbonyl (C=O) groups excluding carboxylic acids is 1. The van der Waals surface area contributed by atoms with Crippen molar-refractivity contribution in [3.63, 3.8) is 0 Å². The average Bonchev–Trinajstić information content (AvgIpc) is 2.66. The van der Waals surface area contributed by atoms with Crippen molar-refractivity contribution in [1.29, 1.82) is 5.26 Å². The molecule has 2 aromatic carbocycles. The molecular weight excluding hydrogens is 483 g/mol. The number of carbonyl (C=O) groups is 1. The predicted molar refractivity (Wildman–Crippen MR) is 113 cm³/mol. The summed E-state index contributed by atoms with van der Waals surface area (Å²) < 4.78 is 45.1. The number of hydrogen-bond donors (Lipinski definition) is 1. The molecule has 1 N–H and O–H groups in total. The van der Waals surface area contributed by atoms with Crippen molar-refractivity contribution in [3.8, 4) is 6.07 Å². The number of alkyl halides is 2. The lowest BCUT2D eigenvalue weighted by molar-refractivity contribution is -0.161. The first-order valence-electron chi connectivity index (χ1n) is 8.82. The summed E-state index contributed by atoms with van der Waals surface area (Å²) in [5.74, 6) is -0.676. The van der Waals surface area contributed by atoms with E-state index in [-0.39, 0.29) is 10.9 Å². The van der Waals surface area contributed by atoms with Gasteiger partial charge in [-0.3, -0.25) is 4.79 Å². The molecule has 0 bridgehead atoms. The van der Waals surface area contributed by atoms with E-state index < -0.39 is 37.3 Å². The van der Waals surface area contributed by atoms with Gasteiger partial charge in [0.15, 0.2) is 0 Å². The number of ether oxygens (including phenoxy) is 1. The highest BCUT2D eigenvalue weighted by Gasteiger charge is 2.69. The van der Waals surface area contributed by atoms with Gasteiger partial charge in [0, 0.05) is 4.47 Å². The first kappa shape index (κ1) is 24.6. The molecule has 0 aliphatic rings. The molecule has 6 nitrogen and oxygen atoms in total. The van der Waals surface area contributed by atoms with Crippen molar-refractivity contribution in [2.24, 2.45) is 5.41 Å². The zero-order chi connectivity index (χ0) is 22.7. The molecule has 0 heterocycles. The van der Waals surface area contributed by atoms with Gasteiger partial charge >= 0.3 is 19.6 Å². The second-order valence-corrected chi connectivity index (χ2v) is 10.6. The summed E-state index contributed by atoms with van der Waals surface area (Å²) >= 11 is 3.12. The molecule has 2 aromatic rings. The summed E-state index contributed by atoms with van der Waals surface area (Å²) in [6, 6.07) is 9.77. The molecule has 0 radical (unpaired) electrons. The van der Waals surface area contributed by atoms with E-state index in [0.717, 1.165) is 7.11 Å². The Hall–Kier alpha value is -1.69. The van der Waals surface area contributed by atoms with Crippen LogP contribution in [-0.2, 0) is 30.7 Å². The second-order valence-electron chi connectivity index (χ2n) is 7.52. The summed E-state index contributed by atoms with van der Waals surface area (Å²) in [5.41, 5.74) is -4.68. The molecule has 162 valence electrons. The summed E-state index contributed by atoms with van der Waals surface area (Å²) in [6.45, 7) is 3.89. The van der Waals surface area contributed by atoms with Crippen LogP contribution >= 0.6 is 23.9 Å². The summed E-state index contributed by atoms with van der Waals surface area (Å²) in [6.07, 6.45) is 0.134. The Labute approximate surface area is 182 Å². The zero-order valence-corrected chi connectivity index (χ0v) is 19.4. The van der Waals surface area contributed by atoms with Crippen LogP contribution in [0.5, 0.6) is 0 Å². The molecule has 0 amide bonds. The Kier molecular flexibility index (Phi) is 7.54. The van der Waals surface area contributed by atoms with E-state index >= 15 is 8.78 Å². The van der Waals surface area contributed by atoms with Crippen LogP contribution < -0.4 is 0 Å². The Morgan fingerprint density at radius 2 is 1.90 bits per heavy atom. The maximum absolute atomic E-state index is 15.3. The Bertz CT molecular complexity index is 990. The van der Waals surface area contributed by atoms with Gasteiger partial charge in [0.25, 0.3) is 0 Å². The first-order chi connectivity index (χ1) is 13.9. The van der Waals surface area contributed by atoms with E-state index in [2.05, 4.69) is 15.9 Å². The van der Waals surface area contributed by atoms with Gasteiger partial charge in [-0.2, -0.15) is 23.5 Å². The average molecular weight is 505 g/mol. The zero-order valence-electron chi connectivity index (χ0n) is 16.9. The molecule has 0 aliphatic heterocycles. The molecule has 0 aromatic heterocycles. The molecule has 0 saturated heterocycles. The van der Waals surface area contributed by atoms with Crippen LogP contribution in [0.2, 0.25) is 0 Å². The number of fused-ring (bicyclic) bond motifs is 1. The number of benzene rings is 2. The van der Waals surface area contributed by atoms with E-state index in [9.17, 15) is 9.69 Å². The fraction of sp³-hybridized carbons (Fsp3) is 0.400. The third-order valence-corrected chi connectivity index (χ3v) is 6.79. The highest BCUT2D eigenvalue weighted by Crippen LogP contribution is 2.73. The molecule has 30 heavy (non-hydrogen) atoms. The van der Waals surface area contributed by atoms with Crippen molar-refractivity contribution in [3.05, 3.63) is 45.9 Å². The minimum absolute atomic E-state index is 0.0406. The van der Waals surface area contributed by atoms with E-state index in [1.165, 1.54) is 12.1 Å². The number of esters is 1. The lowest BCUT2D eigenvalue weighted by atomic mass is 9.98. The maximum Gasteiger partial charge on any atom is 0.493 e. The standard InChI is InChI=1S/C20H22BrF2NO5P/c1-19(2,3)18(25)28-12-29-30(26,27-4)20(22,23)16-10-15-9-13(7-8-24)5-6-14(15)11-17(16)21/h5-6,9-11,26H,7,12H2,1-4H3/q+1. The summed E-state index contributed by atoms with van der Waals surface area (Å²) in [5, 5.41) is 9.98. The van der Waals surface area contributed by atoms with Crippen molar-refractivity contribution in [1.82, 2.24) is 0 Å². The number of nitrogens with zero attached hydrogens (tertiary/aromatic N) is 1. The minimum Gasteiger partial charge on any atom is -0.434 e. The van der Waals surface area contributed by atoms with Crippen molar-refractivity contribution < 1.29 is 32.3 Å².